The molecule has 6 heteroatoms. The second-order valence-electron chi connectivity index (χ2n) is 8.03. The van der Waals surface area contributed by atoms with Crippen LogP contribution in [0.5, 0.6) is 5.75 Å². The average Bonchev–Trinajstić information content (AvgIpc) is 3.05. The van der Waals surface area contributed by atoms with E-state index in [-0.39, 0.29) is 23.1 Å². The second kappa shape index (κ2) is 7.54. The molecule has 0 radical (unpaired) electrons. The van der Waals surface area contributed by atoms with Crippen LogP contribution in [0, 0.1) is 11.8 Å². The third-order valence-electron chi connectivity index (χ3n) is 6.29. The minimum atomic E-state index is -0.463. The first kappa shape index (κ1) is 19.3. The summed E-state index contributed by atoms with van der Waals surface area (Å²) in [7, 11) is 1.48. The number of pyridine rings is 1. The lowest BCUT2D eigenvalue weighted by Gasteiger charge is -2.27. The van der Waals surface area contributed by atoms with Gasteiger partial charge in [-0.2, -0.15) is 0 Å². The smallest absolute Gasteiger partial charge is 0.293 e. The van der Waals surface area contributed by atoms with Crippen LogP contribution in [-0.2, 0) is 29.0 Å². The Kier molecular flexibility index (Phi) is 4.70. The number of anilines is 1. The van der Waals surface area contributed by atoms with E-state index in [1.54, 1.807) is 22.8 Å². The first-order chi connectivity index (χ1) is 15.1. The average molecular weight is 414 g/mol. The molecule has 1 aliphatic carbocycles. The molecule has 0 N–H and O–H groups in total. The molecule has 0 bridgehead atoms. The number of fused-ring (bicyclic) bond motifs is 2. The van der Waals surface area contributed by atoms with Crippen molar-refractivity contribution in [1.82, 2.24) is 4.57 Å². The first-order valence-electron chi connectivity index (χ1n) is 10.3. The number of carbonyl (C=O) groups excluding carboxylic acids is 2. The standard InChI is InChI=1S/C25H22N2O4/c1-31-22-13-17-12-19-20(24(29)27(23(19)28)18-10-6-3-7-11-18)14-21(17)26(25(22)30)15-16-8-4-2-5-9-16/h2-11,13,19-20H,12,14-15H2,1H3/t19-,20+/m1/s1. The van der Waals surface area contributed by atoms with Crippen LogP contribution in [0.1, 0.15) is 16.8 Å². The minimum Gasteiger partial charge on any atom is -0.491 e. The highest BCUT2D eigenvalue weighted by Gasteiger charge is 2.50. The third-order valence-corrected chi connectivity index (χ3v) is 6.29. The molecule has 6 nitrogen and oxygen atoms in total. The zero-order valence-corrected chi connectivity index (χ0v) is 17.2. The molecule has 1 aliphatic heterocycles. The molecule has 0 saturated carbocycles. The Morgan fingerprint density at radius 2 is 1.48 bits per heavy atom. The molecule has 2 aromatic carbocycles. The number of hydrogen-bond acceptors (Lipinski definition) is 4. The number of carbonyl (C=O) groups is 2. The van der Waals surface area contributed by atoms with E-state index in [2.05, 4.69) is 0 Å². The van der Waals surface area contributed by atoms with Crippen molar-refractivity contribution in [1.29, 1.82) is 0 Å². The van der Waals surface area contributed by atoms with E-state index >= 15 is 0 Å². The van der Waals surface area contributed by atoms with Gasteiger partial charge in [-0.1, -0.05) is 48.5 Å². The Morgan fingerprint density at radius 3 is 2.13 bits per heavy atom. The van der Waals surface area contributed by atoms with Gasteiger partial charge in [0.25, 0.3) is 5.56 Å². The highest BCUT2D eigenvalue weighted by molar-refractivity contribution is 6.22. The van der Waals surface area contributed by atoms with Gasteiger partial charge in [0, 0.05) is 12.1 Å². The van der Waals surface area contributed by atoms with E-state index in [0.29, 0.717) is 25.1 Å². The highest BCUT2D eigenvalue weighted by Crippen LogP contribution is 2.39. The van der Waals surface area contributed by atoms with Crippen LogP contribution in [0.25, 0.3) is 0 Å². The Morgan fingerprint density at radius 1 is 0.871 bits per heavy atom. The second-order valence-corrected chi connectivity index (χ2v) is 8.03. The number of methoxy groups -OCH3 is 1. The zero-order valence-electron chi connectivity index (χ0n) is 17.2. The Labute approximate surface area is 179 Å². The maximum Gasteiger partial charge on any atom is 0.293 e. The molecular weight excluding hydrogens is 392 g/mol. The lowest BCUT2D eigenvalue weighted by Crippen LogP contribution is -2.35. The van der Waals surface area contributed by atoms with Crippen LogP contribution >= 0.6 is 0 Å². The number of nitrogens with zero attached hydrogens (tertiary/aromatic N) is 2. The van der Waals surface area contributed by atoms with Gasteiger partial charge in [-0.25, -0.2) is 0 Å². The van der Waals surface area contributed by atoms with Gasteiger partial charge >= 0.3 is 0 Å². The molecule has 2 atom stereocenters. The molecule has 1 aromatic heterocycles. The van der Waals surface area contributed by atoms with Gasteiger partial charge in [0.15, 0.2) is 5.75 Å². The maximum atomic E-state index is 13.2. The predicted molar refractivity (Wildman–Crippen MR) is 116 cm³/mol. The maximum absolute atomic E-state index is 13.2. The number of para-hydroxylation sites is 1. The normalized spacial score (nSPS) is 19.8. The lowest BCUT2D eigenvalue weighted by molar-refractivity contribution is -0.122. The summed E-state index contributed by atoms with van der Waals surface area (Å²) in [4.78, 5) is 40.8. The van der Waals surface area contributed by atoms with Crippen molar-refractivity contribution in [3.8, 4) is 5.75 Å². The molecular formula is C25H22N2O4. The molecule has 1 fully saturated rings. The number of aromatic nitrogens is 1. The number of imide groups is 1. The Hall–Kier alpha value is -3.67. The Bertz CT molecular complexity index is 1220. The molecule has 0 unspecified atom stereocenters. The summed E-state index contributed by atoms with van der Waals surface area (Å²) in [6, 6.07) is 20.5. The SMILES string of the molecule is COc1cc2c(n(Cc3ccccc3)c1=O)C[C@@H]1C(=O)N(c3ccccc3)C(=O)[C@@H]1C2. The Balaban J connectivity index is 1.57. The van der Waals surface area contributed by atoms with E-state index in [1.165, 1.54) is 12.0 Å². The molecule has 3 aromatic rings. The quantitative estimate of drug-likeness (QED) is 0.616. The van der Waals surface area contributed by atoms with Crippen molar-refractivity contribution >= 4 is 17.5 Å². The van der Waals surface area contributed by atoms with Crippen molar-refractivity contribution in [3.05, 3.63) is 93.9 Å². The van der Waals surface area contributed by atoms with E-state index in [9.17, 15) is 14.4 Å². The van der Waals surface area contributed by atoms with Crippen LogP contribution in [0.2, 0.25) is 0 Å². The van der Waals surface area contributed by atoms with Gasteiger partial charge in [0.2, 0.25) is 11.8 Å². The predicted octanol–water partition coefficient (Wildman–Crippen LogP) is 2.81. The zero-order chi connectivity index (χ0) is 21.5. The van der Waals surface area contributed by atoms with E-state index in [1.807, 2.05) is 48.5 Å². The van der Waals surface area contributed by atoms with Gasteiger partial charge in [-0.05, 0) is 35.7 Å². The third kappa shape index (κ3) is 3.15. The molecule has 0 spiro atoms. The summed E-state index contributed by atoms with van der Waals surface area (Å²) in [6.45, 7) is 0.390. The van der Waals surface area contributed by atoms with E-state index < -0.39 is 11.8 Å². The molecule has 31 heavy (non-hydrogen) atoms. The molecule has 2 heterocycles. The van der Waals surface area contributed by atoms with E-state index in [4.69, 9.17) is 4.74 Å². The fraction of sp³-hybridized carbons (Fsp3) is 0.240. The van der Waals surface area contributed by atoms with Crippen molar-refractivity contribution in [2.75, 3.05) is 12.0 Å². The highest BCUT2D eigenvalue weighted by atomic mass is 16.5. The van der Waals surface area contributed by atoms with Crippen LogP contribution in [0.15, 0.2) is 71.5 Å². The summed E-state index contributed by atoms with van der Waals surface area (Å²) in [5.41, 5.74) is 3.06. The molecule has 156 valence electrons. The number of ether oxygens (including phenoxy) is 1. The number of amides is 2. The van der Waals surface area contributed by atoms with Crippen molar-refractivity contribution in [3.63, 3.8) is 0 Å². The van der Waals surface area contributed by atoms with Crippen molar-refractivity contribution in [2.45, 2.75) is 19.4 Å². The van der Waals surface area contributed by atoms with Gasteiger partial charge in [-0.3, -0.25) is 19.3 Å². The van der Waals surface area contributed by atoms with Crippen molar-refractivity contribution in [2.24, 2.45) is 11.8 Å². The molecule has 2 aliphatic rings. The van der Waals surface area contributed by atoms with Gasteiger partial charge in [0.1, 0.15) is 0 Å². The van der Waals surface area contributed by atoms with Crippen LogP contribution in [0.3, 0.4) is 0 Å². The number of hydrogen-bond donors (Lipinski definition) is 0. The minimum absolute atomic E-state index is 0.174. The largest absolute Gasteiger partial charge is 0.491 e. The lowest BCUT2D eigenvalue weighted by atomic mass is 9.79. The number of benzene rings is 2. The van der Waals surface area contributed by atoms with Crippen molar-refractivity contribution < 1.29 is 14.3 Å². The van der Waals surface area contributed by atoms with Gasteiger partial charge in [-0.15, -0.1) is 0 Å². The summed E-state index contributed by atoms with van der Waals surface area (Å²) >= 11 is 0. The van der Waals surface area contributed by atoms with Gasteiger partial charge in [0.05, 0.1) is 31.2 Å². The summed E-state index contributed by atoms with van der Waals surface area (Å²) in [6.07, 6.45) is 0.777. The number of rotatable bonds is 4. The fourth-order valence-corrected chi connectivity index (χ4v) is 4.75. The van der Waals surface area contributed by atoms with Crippen LogP contribution in [-0.4, -0.2) is 23.5 Å². The van der Waals surface area contributed by atoms with Crippen LogP contribution < -0.4 is 15.2 Å². The summed E-state index contributed by atoms with van der Waals surface area (Å²) in [5.74, 6) is -1.000. The first-order valence-corrected chi connectivity index (χ1v) is 10.3. The summed E-state index contributed by atoms with van der Waals surface area (Å²) in [5, 5.41) is 0. The van der Waals surface area contributed by atoms with E-state index in [0.717, 1.165) is 16.8 Å². The monoisotopic (exact) mass is 414 g/mol. The fourth-order valence-electron chi connectivity index (χ4n) is 4.75. The molecule has 2 amide bonds. The molecule has 5 rings (SSSR count). The molecule has 1 saturated heterocycles. The topological polar surface area (TPSA) is 68.6 Å². The summed E-state index contributed by atoms with van der Waals surface area (Å²) < 4.78 is 7.04. The van der Waals surface area contributed by atoms with Gasteiger partial charge < -0.3 is 9.30 Å². The van der Waals surface area contributed by atoms with Crippen LogP contribution in [0.4, 0.5) is 5.69 Å².